The predicted molar refractivity (Wildman–Crippen MR) is 91.7 cm³/mol. The molecule has 0 aliphatic carbocycles. The summed E-state index contributed by atoms with van der Waals surface area (Å²) < 4.78 is 24.0. The van der Waals surface area contributed by atoms with Crippen molar-refractivity contribution < 1.29 is 17.7 Å². The maximum Gasteiger partial charge on any atom is 0.423 e. The van der Waals surface area contributed by atoms with E-state index in [-0.39, 0.29) is 0 Å². The van der Waals surface area contributed by atoms with Gasteiger partial charge in [-0.1, -0.05) is 60.7 Å². The molecule has 0 atom stereocenters. The molecule has 0 N–H and O–H groups in total. The molecule has 0 aromatic heterocycles. The molecule has 0 amide bonds. The fourth-order valence-electron chi connectivity index (χ4n) is 2.87. The monoisotopic (exact) mass is 334 g/mol. The van der Waals surface area contributed by atoms with Crippen molar-refractivity contribution in [3.05, 3.63) is 60.7 Å². The Balaban J connectivity index is 2.71. The Bertz CT molecular complexity index is 516. The lowest BCUT2D eigenvalue weighted by atomic mass is 10.4. The van der Waals surface area contributed by atoms with Crippen LogP contribution in [0.5, 0.6) is 0 Å². The van der Waals surface area contributed by atoms with E-state index in [4.69, 9.17) is 17.7 Å². The van der Waals surface area contributed by atoms with E-state index < -0.39 is 16.2 Å². The van der Waals surface area contributed by atoms with E-state index in [0.717, 1.165) is 10.4 Å². The van der Waals surface area contributed by atoms with Gasteiger partial charge in [0.05, 0.1) is 0 Å². The predicted octanol–water partition coefficient (Wildman–Crippen LogP) is 1.35. The Kier molecular flexibility index (Phi) is 5.68. The summed E-state index contributed by atoms with van der Waals surface area (Å²) in [6.45, 7) is 0. The zero-order valence-corrected chi connectivity index (χ0v) is 15.4. The van der Waals surface area contributed by atoms with Gasteiger partial charge in [0.25, 0.3) is 0 Å². The van der Waals surface area contributed by atoms with Crippen molar-refractivity contribution >= 4 is 26.5 Å². The molecule has 0 unspecified atom stereocenters. The van der Waals surface area contributed by atoms with Gasteiger partial charge in [0.1, 0.15) is 0 Å². The molecular formula is C16H22O4Si2. The third kappa shape index (κ3) is 2.58. The lowest BCUT2D eigenvalue weighted by molar-refractivity contribution is 0.219. The summed E-state index contributed by atoms with van der Waals surface area (Å²) in [5.41, 5.74) is 0. The van der Waals surface area contributed by atoms with Crippen LogP contribution in [-0.2, 0) is 17.7 Å². The Morgan fingerprint density at radius 3 is 1.00 bits per heavy atom. The maximum absolute atomic E-state index is 6.00. The summed E-state index contributed by atoms with van der Waals surface area (Å²) in [5.74, 6) is 0. The fraction of sp³-hybridized carbons (Fsp3) is 0.250. The van der Waals surface area contributed by atoms with Crippen LogP contribution in [0.4, 0.5) is 0 Å². The summed E-state index contributed by atoms with van der Waals surface area (Å²) in [6, 6.07) is 19.9. The summed E-state index contributed by atoms with van der Waals surface area (Å²) in [7, 11) is 0.797. The smallest absolute Gasteiger partial charge is 0.393 e. The molecule has 2 aromatic rings. The molecule has 0 spiro atoms. The number of benzene rings is 2. The average molecular weight is 335 g/mol. The highest BCUT2D eigenvalue weighted by Gasteiger charge is 2.66. The van der Waals surface area contributed by atoms with Crippen LogP contribution in [0.3, 0.4) is 0 Å². The Hall–Kier alpha value is -1.29. The normalized spacial score (nSPS) is 12.4. The second-order valence-corrected chi connectivity index (χ2v) is 14.0. The minimum Gasteiger partial charge on any atom is -0.393 e. The van der Waals surface area contributed by atoms with Crippen molar-refractivity contribution in [2.75, 3.05) is 28.4 Å². The Morgan fingerprint density at radius 1 is 0.500 bits per heavy atom. The van der Waals surface area contributed by atoms with Crippen molar-refractivity contribution in [3.8, 4) is 0 Å². The highest BCUT2D eigenvalue weighted by molar-refractivity contribution is 7.41. The number of hydrogen-bond donors (Lipinski definition) is 0. The molecular weight excluding hydrogens is 312 g/mol. The Morgan fingerprint density at radius 2 is 0.773 bits per heavy atom. The second-order valence-electron chi connectivity index (χ2n) is 4.78. The molecule has 22 heavy (non-hydrogen) atoms. The molecule has 0 aliphatic heterocycles. The SMILES string of the molecule is CO[Si](OC)(c1ccccc1)[Si](OC)(OC)c1ccccc1. The lowest BCUT2D eigenvalue weighted by Crippen LogP contribution is -2.80. The minimum absolute atomic E-state index is 0.999. The van der Waals surface area contributed by atoms with Crippen molar-refractivity contribution in [1.29, 1.82) is 0 Å². The molecule has 0 radical (unpaired) electrons. The summed E-state index contributed by atoms with van der Waals surface area (Å²) in [5, 5.41) is 2.00. The minimum atomic E-state index is -2.95. The molecule has 2 rings (SSSR count). The summed E-state index contributed by atoms with van der Waals surface area (Å²) in [6.07, 6.45) is 0. The van der Waals surface area contributed by atoms with E-state index in [0.29, 0.717) is 0 Å². The van der Waals surface area contributed by atoms with E-state index in [9.17, 15) is 0 Å². The molecule has 6 heteroatoms. The molecule has 2 aromatic carbocycles. The first-order valence-electron chi connectivity index (χ1n) is 7.02. The zero-order valence-electron chi connectivity index (χ0n) is 13.4. The van der Waals surface area contributed by atoms with Gasteiger partial charge < -0.3 is 17.7 Å². The van der Waals surface area contributed by atoms with E-state index in [2.05, 4.69) is 0 Å². The molecule has 0 fully saturated rings. The first-order chi connectivity index (χ1) is 10.7. The van der Waals surface area contributed by atoms with Crippen LogP contribution in [-0.4, -0.2) is 44.6 Å². The average Bonchev–Trinajstić information content (AvgIpc) is 2.61. The van der Waals surface area contributed by atoms with E-state index >= 15 is 0 Å². The first kappa shape index (κ1) is 17.1. The van der Waals surface area contributed by atoms with Gasteiger partial charge in [0, 0.05) is 28.4 Å². The molecule has 0 saturated heterocycles. The van der Waals surface area contributed by atoms with Crippen LogP contribution in [0, 0.1) is 0 Å². The number of rotatable bonds is 7. The highest BCUT2D eigenvalue weighted by atomic mass is 29.3. The second kappa shape index (κ2) is 7.32. The van der Waals surface area contributed by atoms with Gasteiger partial charge in [-0.3, -0.25) is 0 Å². The van der Waals surface area contributed by atoms with E-state index in [1.54, 1.807) is 28.4 Å². The molecule has 118 valence electrons. The largest absolute Gasteiger partial charge is 0.423 e. The standard InChI is InChI=1S/C16H22O4Si2/c1-17-21(18-2,15-11-7-5-8-12-15)22(19-3,20-4)16-13-9-6-10-14-16/h5-14H,1-4H3. The van der Waals surface area contributed by atoms with E-state index in [1.807, 2.05) is 60.7 Å². The van der Waals surface area contributed by atoms with Crippen LogP contribution < -0.4 is 10.4 Å². The topological polar surface area (TPSA) is 36.9 Å². The maximum atomic E-state index is 6.00. The van der Waals surface area contributed by atoms with Crippen LogP contribution >= 0.6 is 0 Å². The van der Waals surface area contributed by atoms with Crippen molar-refractivity contribution in [2.24, 2.45) is 0 Å². The Labute approximate surface area is 133 Å². The lowest BCUT2D eigenvalue weighted by Gasteiger charge is -2.40. The quantitative estimate of drug-likeness (QED) is 0.716. The third-order valence-corrected chi connectivity index (χ3v) is 16.0. The third-order valence-electron chi connectivity index (χ3n) is 3.89. The summed E-state index contributed by atoms with van der Waals surface area (Å²) >= 11 is 0. The molecule has 0 heterocycles. The van der Waals surface area contributed by atoms with Gasteiger partial charge >= 0.3 is 16.2 Å². The molecule has 0 saturated carbocycles. The van der Waals surface area contributed by atoms with Gasteiger partial charge in [0.2, 0.25) is 0 Å². The van der Waals surface area contributed by atoms with Crippen molar-refractivity contribution in [2.45, 2.75) is 0 Å². The van der Waals surface area contributed by atoms with Gasteiger partial charge in [0.15, 0.2) is 0 Å². The molecule has 0 aliphatic rings. The van der Waals surface area contributed by atoms with Crippen LogP contribution in [0.25, 0.3) is 0 Å². The van der Waals surface area contributed by atoms with Crippen molar-refractivity contribution in [3.63, 3.8) is 0 Å². The fourth-order valence-corrected chi connectivity index (χ4v) is 13.7. The first-order valence-corrected chi connectivity index (χ1v) is 11.7. The van der Waals surface area contributed by atoms with Crippen LogP contribution in [0.1, 0.15) is 0 Å². The van der Waals surface area contributed by atoms with Gasteiger partial charge in [-0.05, 0) is 10.4 Å². The molecule has 4 nitrogen and oxygen atoms in total. The van der Waals surface area contributed by atoms with Crippen molar-refractivity contribution in [1.82, 2.24) is 0 Å². The van der Waals surface area contributed by atoms with Gasteiger partial charge in [-0.2, -0.15) is 0 Å². The van der Waals surface area contributed by atoms with Crippen LogP contribution in [0.2, 0.25) is 0 Å². The van der Waals surface area contributed by atoms with E-state index in [1.165, 1.54) is 0 Å². The van der Waals surface area contributed by atoms with Gasteiger partial charge in [-0.25, -0.2) is 0 Å². The zero-order chi connectivity index (χ0) is 16.1. The number of hydrogen-bond acceptors (Lipinski definition) is 4. The van der Waals surface area contributed by atoms with Crippen LogP contribution in [0.15, 0.2) is 60.7 Å². The summed E-state index contributed by atoms with van der Waals surface area (Å²) in [4.78, 5) is 0. The van der Waals surface area contributed by atoms with Gasteiger partial charge in [-0.15, -0.1) is 0 Å². The highest BCUT2D eigenvalue weighted by Crippen LogP contribution is 2.22. The molecule has 0 bridgehead atoms.